The summed E-state index contributed by atoms with van der Waals surface area (Å²) in [5.74, 6) is 0. The van der Waals surface area contributed by atoms with Gasteiger partial charge in [-0.05, 0) is 44.9 Å². The number of nitrogens with zero attached hydrogens (tertiary/aromatic N) is 1. The van der Waals surface area contributed by atoms with E-state index in [1.807, 2.05) is 5.51 Å². The van der Waals surface area contributed by atoms with Crippen molar-refractivity contribution in [1.29, 1.82) is 0 Å². The molecular formula is C16H22N2S. The van der Waals surface area contributed by atoms with Crippen LogP contribution in [0.1, 0.15) is 46.6 Å². The summed E-state index contributed by atoms with van der Waals surface area (Å²) in [5, 5.41) is 3.67. The Morgan fingerprint density at radius 3 is 2.68 bits per heavy atom. The maximum absolute atomic E-state index is 4.40. The standard InChI is InChI=1S/C16H22N2S/c1-5-8-17-15(16-13(4)18-10-19-16)14-9-11(2)6-7-12(14)3/h6-7,9-10,15,17H,5,8H2,1-4H3. The quantitative estimate of drug-likeness (QED) is 0.885. The Labute approximate surface area is 119 Å². The Morgan fingerprint density at radius 2 is 2.05 bits per heavy atom. The third-order valence-corrected chi connectivity index (χ3v) is 4.38. The van der Waals surface area contributed by atoms with Gasteiger partial charge in [0.2, 0.25) is 0 Å². The van der Waals surface area contributed by atoms with Crippen molar-refractivity contribution in [2.45, 2.75) is 40.2 Å². The molecule has 2 rings (SSSR count). The molecule has 1 heterocycles. The van der Waals surface area contributed by atoms with Gasteiger partial charge in [-0.15, -0.1) is 11.3 Å². The second-order valence-corrected chi connectivity index (χ2v) is 5.94. The van der Waals surface area contributed by atoms with E-state index in [4.69, 9.17) is 0 Å². The van der Waals surface area contributed by atoms with E-state index >= 15 is 0 Å². The SMILES string of the molecule is CCCNC(c1cc(C)ccc1C)c1scnc1C. The maximum Gasteiger partial charge on any atom is 0.0798 e. The Bertz CT molecular complexity index is 545. The number of rotatable bonds is 5. The van der Waals surface area contributed by atoms with Crippen LogP contribution in [0.15, 0.2) is 23.7 Å². The molecule has 102 valence electrons. The third kappa shape index (κ3) is 3.23. The predicted octanol–water partition coefficient (Wildman–Crippen LogP) is 4.16. The van der Waals surface area contributed by atoms with Gasteiger partial charge in [0.05, 0.1) is 17.2 Å². The summed E-state index contributed by atoms with van der Waals surface area (Å²) in [4.78, 5) is 5.74. The van der Waals surface area contributed by atoms with E-state index in [-0.39, 0.29) is 6.04 Å². The first-order valence-electron chi connectivity index (χ1n) is 6.84. The summed E-state index contributed by atoms with van der Waals surface area (Å²) in [6.45, 7) is 9.66. The van der Waals surface area contributed by atoms with Crippen molar-refractivity contribution in [3.63, 3.8) is 0 Å². The van der Waals surface area contributed by atoms with Crippen molar-refractivity contribution < 1.29 is 0 Å². The van der Waals surface area contributed by atoms with Gasteiger partial charge in [0, 0.05) is 4.88 Å². The van der Waals surface area contributed by atoms with Gasteiger partial charge in [-0.3, -0.25) is 0 Å². The Morgan fingerprint density at radius 1 is 1.26 bits per heavy atom. The minimum atomic E-state index is 0.271. The molecule has 0 aliphatic rings. The second kappa shape index (κ2) is 6.31. The van der Waals surface area contributed by atoms with E-state index in [1.54, 1.807) is 11.3 Å². The number of benzene rings is 1. The van der Waals surface area contributed by atoms with E-state index in [9.17, 15) is 0 Å². The van der Waals surface area contributed by atoms with Gasteiger partial charge in [0.1, 0.15) is 0 Å². The summed E-state index contributed by atoms with van der Waals surface area (Å²) in [6.07, 6.45) is 1.14. The van der Waals surface area contributed by atoms with Gasteiger partial charge in [0.15, 0.2) is 0 Å². The van der Waals surface area contributed by atoms with Crippen molar-refractivity contribution in [2.75, 3.05) is 6.54 Å². The number of aromatic nitrogens is 1. The molecule has 0 saturated heterocycles. The van der Waals surface area contributed by atoms with Gasteiger partial charge in [-0.25, -0.2) is 4.98 Å². The highest BCUT2D eigenvalue weighted by molar-refractivity contribution is 7.09. The predicted molar refractivity (Wildman–Crippen MR) is 82.9 cm³/mol. The molecule has 0 aliphatic heterocycles. The lowest BCUT2D eigenvalue weighted by molar-refractivity contribution is 0.600. The van der Waals surface area contributed by atoms with E-state index in [0.29, 0.717) is 0 Å². The molecule has 2 aromatic rings. The first kappa shape index (κ1) is 14.2. The van der Waals surface area contributed by atoms with Crippen LogP contribution >= 0.6 is 11.3 Å². The lowest BCUT2D eigenvalue weighted by atomic mass is 9.97. The summed E-state index contributed by atoms with van der Waals surface area (Å²) in [6, 6.07) is 6.95. The average molecular weight is 274 g/mol. The molecule has 1 N–H and O–H groups in total. The largest absolute Gasteiger partial charge is 0.306 e. The summed E-state index contributed by atoms with van der Waals surface area (Å²) < 4.78 is 0. The number of nitrogens with one attached hydrogen (secondary N) is 1. The van der Waals surface area contributed by atoms with Crippen molar-refractivity contribution in [1.82, 2.24) is 10.3 Å². The molecule has 2 nitrogen and oxygen atoms in total. The van der Waals surface area contributed by atoms with Gasteiger partial charge >= 0.3 is 0 Å². The van der Waals surface area contributed by atoms with E-state index < -0.39 is 0 Å². The lowest BCUT2D eigenvalue weighted by Gasteiger charge is -2.21. The number of thiazole rings is 1. The maximum atomic E-state index is 4.40. The molecule has 1 atom stereocenters. The number of hydrogen-bond donors (Lipinski definition) is 1. The van der Waals surface area contributed by atoms with E-state index in [2.05, 4.69) is 56.2 Å². The van der Waals surface area contributed by atoms with Crippen LogP contribution in [-0.4, -0.2) is 11.5 Å². The van der Waals surface area contributed by atoms with Crippen molar-refractivity contribution in [3.8, 4) is 0 Å². The average Bonchev–Trinajstić information content (AvgIpc) is 2.80. The van der Waals surface area contributed by atoms with Crippen molar-refractivity contribution in [3.05, 3.63) is 51.0 Å². The fourth-order valence-electron chi connectivity index (χ4n) is 2.29. The molecule has 0 fully saturated rings. The summed E-state index contributed by atoms with van der Waals surface area (Å²) in [5.41, 5.74) is 7.11. The first-order valence-corrected chi connectivity index (χ1v) is 7.72. The third-order valence-electron chi connectivity index (χ3n) is 3.39. The first-order chi connectivity index (χ1) is 9.13. The zero-order valence-electron chi connectivity index (χ0n) is 12.2. The van der Waals surface area contributed by atoms with Gasteiger partial charge in [-0.1, -0.05) is 30.7 Å². The van der Waals surface area contributed by atoms with Gasteiger partial charge < -0.3 is 5.32 Å². The molecule has 0 bridgehead atoms. The van der Waals surface area contributed by atoms with Gasteiger partial charge in [0.25, 0.3) is 0 Å². The molecule has 1 aromatic carbocycles. The topological polar surface area (TPSA) is 24.9 Å². The summed E-state index contributed by atoms with van der Waals surface area (Å²) >= 11 is 1.74. The van der Waals surface area contributed by atoms with Crippen LogP contribution in [0.2, 0.25) is 0 Å². The molecule has 0 radical (unpaired) electrons. The fraction of sp³-hybridized carbons (Fsp3) is 0.438. The highest BCUT2D eigenvalue weighted by Gasteiger charge is 2.19. The molecule has 0 aliphatic carbocycles. The highest BCUT2D eigenvalue weighted by Crippen LogP contribution is 2.30. The zero-order chi connectivity index (χ0) is 13.8. The van der Waals surface area contributed by atoms with Crippen molar-refractivity contribution in [2.24, 2.45) is 0 Å². The Hall–Kier alpha value is -1.19. The highest BCUT2D eigenvalue weighted by atomic mass is 32.1. The zero-order valence-corrected chi connectivity index (χ0v) is 13.0. The molecule has 0 spiro atoms. The normalized spacial score (nSPS) is 12.6. The van der Waals surface area contributed by atoms with Crippen molar-refractivity contribution >= 4 is 11.3 Å². The van der Waals surface area contributed by atoms with E-state index in [1.165, 1.54) is 21.6 Å². The van der Waals surface area contributed by atoms with E-state index in [0.717, 1.165) is 18.7 Å². The number of hydrogen-bond acceptors (Lipinski definition) is 3. The van der Waals surface area contributed by atoms with Crippen LogP contribution in [-0.2, 0) is 0 Å². The van der Waals surface area contributed by atoms with Crippen LogP contribution in [0.5, 0.6) is 0 Å². The monoisotopic (exact) mass is 274 g/mol. The number of aryl methyl sites for hydroxylation is 3. The molecule has 1 aromatic heterocycles. The second-order valence-electron chi connectivity index (χ2n) is 5.05. The van der Waals surface area contributed by atoms with Crippen LogP contribution in [0.25, 0.3) is 0 Å². The fourth-order valence-corrected chi connectivity index (χ4v) is 3.19. The molecule has 0 saturated carbocycles. The van der Waals surface area contributed by atoms with Crippen LogP contribution in [0.3, 0.4) is 0 Å². The molecule has 19 heavy (non-hydrogen) atoms. The molecule has 3 heteroatoms. The Kier molecular flexibility index (Phi) is 4.72. The molecule has 1 unspecified atom stereocenters. The lowest BCUT2D eigenvalue weighted by Crippen LogP contribution is -2.24. The minimum Gasteiger partial charge on any atom is -0.306 e. The minimum absolute atomic E-state index is 0.271. The smallest absolute Gasteiger partial charge is 0.0798 e. The van der Waals surface area contributed by atoms with Gasteiger partial charge in [-0.2, -0.15) is 0 Å². The molecule has 0 amide bonds. The van der Waals surface area contributed by atoms with Crippen LogP contribution in [0, 0.1) is 20.8 Å². The van der Waals surface area contributed by atoms with Crippen LogP contribution < -0.4 is 5.32 Å². The summed E-state index contributed by atoms with van der Waals surface area (Å²) in [7, 11) is 0. The Balaban J connectivity index is 2.42. The van der Waals surface area contributed by atoms with Crippen LogP contribution in [0.4, 0.5) is 0 Å². The molecular weight excluding hydrogens is 252 g/mol.